The molecule has 0 amide bonds. The van der Waals surface area contributed by atoms with Crippen LogP contribution in [0, 0.1) is 13.8 Å². The molecule has 0 unspecified atom stereocenters. The Balaban J connectivity index is 2.23. The molecule has 0 fully saturated rings. The average Bonchev–Trinajstić information content (AvgIpc) is 2.81. The van der Waals surface area contributed by atoms with E-state index < -0.39 is 0 Å². The Bertz CT molecular complexity index is 756. The molecular weight excluding hydrogens is 246 g/mol. The lowest BCUT2D eigenvalue weighted by molar-refractivity contribution is 0.775. The number of hydrogen-bond donors (Lipinski definition) is 0. The first-order valence-electron chi connectivity index (χ1n) is 6.67. The van der Waals surface area contributed by atoms with Crippen molar-refractivity contribution in [1.82, 2.24) is 14.8 Å². The molecule has 0 aliphatic heterocycles. The van der Waals surface area contributed by atoms with E-state index in [1.165, 1.54) is 16.7 Å². The summed E-state index contributed by atoms with van der Waals surface area (Å²) in [4.78, 5) is 4.17. The Hall–Kier alpha value is -2.42. The highest BCUT2D eigenvalue weighted by atomic mass is 15.3. The third-order valence-corrected chi connectivity index (χ3v) is 3.54. The van der Waals surface area contributed by atoms with E-state index in [2.05, 4.69) is 48.2 Å². The number of aryl methyl sites for hydroxylation is 3. The van der Waals surface area contributed by atoms with Crippen molar-refractivity contribution < 1.29 is 0 Å². The summed E-state index contributed by atoms with van der Waals surface area (Å²) in [6.45, 7) is 4.19. The van der Waals surface area contributed by atoms with E-state index in [4.69, 9.17) is 0 Å². The van der Waals surface area contributed by atoms with Gasteiger partial charge in [-0.05, 0) is 31.0 Å². The zero-order valence-electron chi connectivity index (χ0n) is 12.0. The molecule has 0 N–H and O–H groups in total. The van der Waals surface area contributed by atoms with Crippen molar-refractivity contribution in [3.8, 4) is 22.4 Å². The molecule has 0 atom stereocenters. The van der Waals surface area contributed by atoms with Crippen LogP contribution in [0.2, 0.25) is 0 Å². The highest BCUT2D eigenvalue weighted by Gasteiger charge is 2.14. The summed E-state index contributed by atoms with van der Waals surface area (Å²) < 4.78 is 1.93. The number of hydrogen-bond acceptors (Lipinski definition) is 2. The van der Waals surface area contributed by atoms with Crippen molar-refractivity contribution in [2.24, 2.45) is 7.05 Å². The molecule has 0 aliphatic rings. The van der Waals surface area contributed by atoms with Gasteiger partial charge in [-0.2, -0.15) is 5.10 Å². The molecule has 0 bridgehead atoms. The minimum Gasteiger partial charge on any atom is -0.267 e. The summed E-state index contributed by atoms with van der Waals surface area (Å²) in [5.74, 6) is 0. The smallest absolute Gasteiger partial charge is 0.0761 e. The van der Waals surface area contributed by atoms with Gasteiger partial charge >= 0.3 is 0 Å². The SMILES string of the molecule is Cc1cccc(-c2cnn(C)c2-c2ccncc2C)c1. The summed E-state index contributed by atoms with van der Waals surface area (Å²) in [6, 6.07) is 10.6. The number of nitrogens with zero attached hydrogens (tertiary/aromatic N) is 3. The van der Waals surface area contributed by atoms with Crippen molar-refractivity contribution >= 4 is 0 Å². The van der Waals surface area contributed by atoms with Gasteiger partial charge in [0.25, 0.3) is 0 Å². The lowest BCUT2D eigenvalue weighted by Crippen LogP contribution is -1.96. The second kappa shape index (κ2) is 4.93. The fourth-order valence-corrected chi connectivity index (χ4v) is 2.52. The zero-order chi connectivity index (χ0) is 14.1. The first-order chi connectivity index (χ1) is 9.66. The van der Waals surface area contributed by atoms with E-state index >= 15 is 0 Å². The van der Waals surface area contributed by atoms with Crippen molar-refractivity contribution in [3.63, 3.8) is 0 Å². The second-order valence-corrected chi connectivity index (χ2v) is 5.09. The van der Waals surface area contributed by atoms with Crippen LogP contribution in [0.4, 0.5) is 0 Å². The van der Waals surface area contributed by atoms with Crippen molar-refractivity contribution in [1.29, 1.82) is 0 Å². The molecule has 3 nitrogen and oxygen atoms in total. The lowest BCUT2D eigenvalue weighted by atomic mass is 9.99. The maximum atomic E-state index is 4.44. The molecule has 2 heterocycles. The fourth-order valence-electron chi connectivity index (χ4n) is 2.52. The topological polar surface area (TPSA) is 30.7 Å². The summed E-state index contributed by atoms with van der Waals surface area (Å²) in [6.07, 6.45) is 5.65. The number of pyridine rings is 1. The highest BCUT2D eigenvalue weighted by molar-refractivity contribution is 5.82. The predicted molar refractivity (Wildman–Crippen MR) is 81.3 cm³/mol. The van der Waals surface area contributed by atoms with E-state index in [0.717, 1.165) is 16.8 Å². The molecule has 20 heavy (non-hydrogen) atoms. The minimum atomic E-state index is 1.13. The van der Waals surface area contributed by atoms with Gasteiger partial charge in [-0.1, -0.05) is 29.8 Å². The maximum absolute atomic E-state index is 4.44. The van der Waals surface area contributed by atoms with Gasteiger partial charge in [-0.25, -0.2) is 0 Å². The van der Waals surface area contributed by atoms with Gasteiger partial charge in [0.15, 0.2) is 0 Å². The molecule has 0 saturated heterocycles. The Labute approximate surface area is 118 Å². The van der Waals surface area contributed by atoms with Crippen LogP contribution in [0.5, 0.6) is 0 Å². The summed E-state index contributed by atoms with van der Waals surface area (Å²) in [7, 11) is 1.98. The third kappa shape index (κ3) is 2.11. The third-order valence-electron chi connectivity index (χ3n) is 3.54. The normalized spacial score (nSPS) is 10.8. The van der Waals surface area contributed by atoms with E-state index in [1.807, 2.05) is 36.4 Å². The Kier molecular flexibility index (Phi) is 3.11. The molecule has 3 aromatic rings. The molecule has 1 aromatic carbocycles. The van der Waals surface area contributed by atoms with Gasteiger partial charge in [-0.3, -0.25) is 9.67 Å². The minimum absolute atomic E-state index is 1.13. The van der Waals surface area contributed by atoms with Crippen LogP contribution in [0.1, 0.15) is 11.1 Å². The van der Waals surface area contributed by atoms with Crippen LogP contribution in [-0.2, 0) is 7.05 Å². The summed E-state index contributed by atoms with van der Waals surface area (Å²) in [5, 5.41) is 4.44. The number of rotatable bonds is 2. The van der Waals surface area contributed by atoms with E-state index in [-0.39, 0.29) is 0 Å². The number of benzene rings is 1. The second-order valence-electron chi connectivity index (χ2n) is 5.09. The van der Waals surface area contributed by atoms with Crippen LogP contribution in [0.3, 0.4) is 0 Å². The van der Waals surface area contributed by atoms with Crippen LogP contribution in [0.25, 0.3) is 22.4 Å². The van der Waals surface area contributed by atoms with Gasteiger partial charge < -0.3 is 0 Å². The molecular formula is C17H17N3. The highest BCUT2D eigenvalue weighted by Crippen LogP contribution is 2.33. The van der Waals surface area contributed by atoms with Gasteiger partial charge in [0.1, 0.15) is 0 Å². The Morgan fingerprint density at radius 2 is 1.85 bits per heavy atom. The predicted octanol–water partition coefficient (Wildman–Crippen LogP) is 3.77. The van der Waals surface area contributed by atoms with Gasteiger partial charge in [-0.15, -0.1) is 0 Å². The van der Waals surface area contributed by atoms with Crippen LogP contribution in [0.15, 0.2) is 48.9 Å². The van der Waals surface area contributed by atoms with E-state index in [1.54, 1.807) is 0 Å². The van der Waals surface area contributed by atoms with Gasteiger partial charge in [0.05, 0.1) is 11.9 Å². The molecule has 100 valence electrons. The van der Waals surface area contributed by atoms with Crippen molar-refractivity contribution in [3.05, 3.63) is 60.0 Å². The average molecular weight is 263 g/mol. The first-order valence-corrected chi connectivity index (χ1v) is 6.67. The molecule has 0 spiro atoms. The number of aromatic nitrogens is 3. The van der Waals surface area contributed by atoms with Crippen molar-refractivity contribution in [2.75, 3.05) is 0 Å². The Morgan fingerprint density at radius 3 is 2.60 bits per heavy atom. The molecule has 2 aromatic heterocycles. The van der Waals surface area contributed by atoms with Gasteiger partial charge in [0.2, 0.25) is 0 Å². The molecule has 0 radical (unpaired) electrons. The largest absolute Gasteiger partial charge is 0.267 e. The maximum Gasteiger partial charge on any atom is 0.0761 e. The molecule has 0 aliphatic carbocycles. The van der Waals surface area contributed by atoms with Crippen molar-refractivity contribution in [2.45, 2.75) is 13.8 Å². The van der Waals surface area contributed by atoms with E-state index in [0.29, 0.717) is 0 Å². The van der Waals surface area contributed by atoms with Crippen LogP contribution < -0.4 is 0 Å². The zero-order valence-corrected chi connectivity index (χ0v) is 12.0. The standard InChI is InChI=1S/C17H17N3/c1-12-5-4-6-14(9-12)16-11-19-20(3)17(16)15-7-8-18-10-13(15)2/h4-11H,1-3H3. The van der Waals surface area contributed by atoms with Crippen LogP contribution >= 0.6 is 0 Å². The molecule has 3 heteroatoms. The quantitative estimate of drug-likeness (QED) is 0.704. The molecule has 0 saturated carbocycles. The lowest BCUT2D eigenvalue weighted by Gasteiger charge is -2.09. The Morgan fingerprint density at radius 1 is 1.00 bits per heavy atom. The van der Waals surface area contributed by atoms with Gasteiger partial charge in [0, 0.05) is 30.6 Å². The van der Waals surface area contributed by atoms with E-state index in [9.17, 15) is 0 Å². The summed E-state index contributed by atoms with van der Waals surface area (Å²) in [5.41, 5.74) is 7.08. The monoisotopic (exact) mass is 263 g/mol. The molecule has 3 rings (SSSR count). The summed E-state index contributed by atoms with van der Waals surface area (Å²) >= 11 is 0. The first kappa shape index (κ1) is 12.6. The van der Waals surface area contributed by atoms with Crippen LogP contribution in [-0.4, -0.2) is 14.8 Å². The fraction of sp³-hybridized carbons (Fsp3) is 0.176.